The SMILES string of the molecule is NCc1cnccc1N(Cc1ccco1)C1CC1. The number of anilines is 1. The van der Waals surface area contributed by atoms with Gasteiger partial charge < -0.3 is 15.1 Å². The molecule has 1 aliphatic rings. The molecule has 0 amide bonds. The zero-order valence-electron chi connectivity index (χ0n) is 10.2. The number of aromatic nitrogens is 1. The van der Waals surface area contributed by atoms with E-state index in [1.807, 2.05) is 30.6 Å². The fraction of sp³-hybridized carbons (Fsp3) is 0.357. The highest BCUT2D eigenvalue weighted by Crippen LogP contribution is 2.34. The van der Waals surface area contributed by atoms with Gasteiger partial charge in [-0.3, -0.25) is 4.98 Å². The minimum absolute atomic E-state index is 0.518. The Morgan fingerprint density at radius 1 is 1.39 bits per heavy atom. The number of rotatable bonds is 5. The molecule has 0 atom stereocenters. The number of pyridine rings is 1. The Kier molecular flexibility index (Phi) is 3.02. The topological polar surface area (TPSA) is 55.3 Å². The number of nitrogens with zero attached hydrogens (tertiary/aromatic N) is 2. The van der Waals surface area contributed by atoms with Crippen LogP contribution in [0.3, 0.4) is 0 Å². The highest BCUT2D eigenvalue weighted by atomic mass is 16.3. The molecule has 0 aliphatic heterocycles. The maximum absolute atomic E-state index is 5.79. The van der Waals surface area contributed by atoms with Gasteiger partial charge in [-0.2, -0.15) is 0 Å². The van der Waals surface area contributed by atoms with Gasteiger partial charge in [0.2, 0.25) is 0 Å². The molecular weight excluding hydrogens is 226 g/mol. The molecule has 2 heterocycles. The molecule has 0 unspecified atom stereocenters. The Morgan fingerprint density at radius 2 is 2.28 bits per heavy atom. The second-order valence-corrected chi connectivity index (χ2v) is 4.65. The lowest BCUT2D eigenvalue weighted by atomic mass is 10.2. The van der Waals surface area contributed by atoms with Gasteiger partial charge in [-0.05, 0) is 31.0 Å². The number of hydrogen-bond donors (Lipinski definition) is 1. The molecule has 1 fully saturated rings. The zero-order valence-corrected chi connectivity index (χ0v) is 10.2. The summed E-state index contributed by atoms with van der Waals surface area (Å²) in [6.07, 6.45) is 7.88. The molecule has 0 spiro atoms. The van der Waals surface area contributed by atoms with Gasteiger partial charge in [-0.25, -0.2) is 0 Å². The summed E-state index contributed by atoms with van der Waals surface area (Å²) in [4.78, 5) is 6.52. The Bertz CT molecular complexity index is 506. The standard InChI is InChI=1S/C14H17N3O/c15-8-11-9-16-6-5-14(11)17(12-3-4-12)10-13-2-1-7-18-13/h1-2,5-7,9,12H,3-4,8,10,15H2. The van der Waals surface area contributed by atoms with Crippen LogP contribution in [0.1, 0.15) is 24.2 Å². The summed E-state index contributed by atoms with van der Waals surface area (Å²) in [6.45, 7) is 1.32. The van der Waals surface area contributed by atoms with E-state index in [9.17, 15) is 0 Å². The Balaban J connectivity index is 1.89. The Labute approximate surface area is 106 Å². The normalized spacial score (nSPS) is 14.7. The summed E-state index contributed by atoms with van der Waals surface area (Å²) in [6, 6.07) is 6.60. The highest BCUT2D eigenvalue weighted by molar-refractivity contribution is 5.54. The molecule has 18 heavy (non-hydrogen) atoms. The average molecular weight is 243 g/mol. The minimum Gasteiger partial charge on any atom is -0.467 e. The fourth-order valence-electron chi connectivity index (χ4n) is 2.22. The molecule has 0 aromatic carbocycles. The van der Waals surface area contributed by atoms with Crippen LogP contribution in [0.25, 0.3) is 0 Å². The second-order valence-electron chi connectivity index (χ2n) is 4.65. The quantitative estimate of drug-likeness (QED) is 0.875. The van der Waals surface area contributed by atoms with Crippen molar-refractivity contribution in [2.24, 2.45) is 5.73 Å². The maximum Gasteiger partial charge on any atom is 0.123 e. The predicted molar refractivity (Wildman–Crippen MR) is 70.0 cm³/mol. The van der Waals surface area contributed by atoms with Crippen molar-refractivity contribution in [2.45, 2.75) is 32.0 Å². The third kappa shape index (κ3) is 2.24. The number of hydrogen-bond acceptors (Lipinski definition) is 4. The van der Waals surface area contributed by atoms with E-state index in [4.69, 9.17) is 10.2 Å². The van der Waals surface area contributed by atoms with E-state index in [0.717, 1.165) is 17.9 Å². The van der Waals surface area contributed by atoms with Crippen LogP contribution in [0.2, 0.25) is 0 Å². The molecule has 2 N–H and O–H groups in total. The van der Waals surface area contributed by atoms with Gasteiger partial charge in [0.25, 0.3) is 0 Å². The van der Waals surface area contributed by atoms with Gasteiger partial charge in [0.15, 0.2) is 0 Å². The predicted octanol–water partition coefficient (Wildman–Crippen LogP) is 2.30. The van der Waals surface area contributed by atoms with Crippen molar-refractivity contribution in [2.75, 3.05) is 4.90 Å². The average Bonchev–Trinajstić information content (AvgIpc) is 3.13. The van der Waals surface area contributed by atoms with Crippen LogP contribution in [0, 0.1) is 0 Å². The van der Waals surface area contributed by atoms with Crippen molar-refractivity contribution < 1.29 is 4.42 Å². The lowest BCUT2D eigenvalue weighted by molar-refractivity contribution is 0.501. The van der Waals surface area contributed by atoms with Crippen molar-refractivity contribution in [1.29, 1.82) is 0 Å². The van der Waals surface area contributed by atoms with Gasteiger partial charge >= 0.3 is 0 Å². The second kappa shape index (κ2) is 4.82. The molecule has 2 aromatic rings. The first kappa shape index (κ1) is 11.3. The number of furan rings is 1. The summed E-state index contributed by atoms with van der Waals surface area (Å²) in [5.74, 6) is 0.988. The summed E-state index contributed by atoms with van der Waals surface area (Å²) in [5.41, 5.74) is 8.07. The van der Waals surface area contributed by atoms with E-state index >= 15 is 0 Å². The molecular formula is C14H17N3O. The first-order valence-corrected chi connectivity index (χ1v) is 6.30. The van der Waals surface area contributed by atoms with Crippen LogP contribution < -0.4 is 10.6 Å². The fourth-order valence-corrected chi connectivity index (χ4v) is 2.22. The zero-order chi connectivity index (χ0) is 12.4. The molecule has 94 valence electrons. The van der Waals surface area contributed by atoms with E-state index in [0.29, 0.717) is 12.6 Å². The molecule has 4 nitrogen and oxygen atoms in total. The highest BCUT2D eigenvalue weighted by Gasteiger charge is 2.30. The van der Waals surface area contributed by atoms with Gasteiger partial charge in [-0.15, -0.1) is 0 Å². The van der Waals surface area contributed by atoms with Crippen LogP contribution >= 0.6 is 0 Å². The van der Waals surface area contributed by atoms with Crippen LogP contribution in [0.5, 0.6) is 0 Å². The Morgan fingerprint density at radius 3 is 2.94 bits per heavy atom. The molecule has 1 aliphatic carbocycles. The van der Waals surface area contributed by atoms with E-state index in [1.165, 1.54) is 18.5 Å². The molecule has 0 radical (unpaired) electrons. The molecule has 0 saturated heterocycles. The molecule has 4 heteroatoms. The molecule has 0 bridgehead atoms. The molecule has 1 saturated carbocycles. The summed E-state index contributed by atoms with van der Waals surface area (Å²) < 4.78 is 5.45. The smallest absolute Gasteiger partial charge is 0.123 e. The van der Waals surface area contributed by atoms with Crippen LogP contribution in [0.4, 0.5) is 5.69 Å². The lowest BCUT2D eigenvalue weighted by Crippen LogP contribution is -2.26. The first-order valence-electron chi connectivity index (χ1n) is 6.30. The summed E-state index contributed by atoms with van der Waals surface area (Å²) >= 11 is 0. The van der Waals surface area contributed by atoms with Crippen LogP contribution in [-0.4, -0.2) is 11.0 Å². The largest absolute Gasteiger partial charge is 0.467 e. The number of nitrogens with two attached hydrogens (primary N) is 1. The molecule has 2 aromatic heterocycles. The van der Waals surface area contributed by atoms with Crippen LogP contribution in [-0.2, 0) is 13.1 Å². The minimum atomic E-state index is 0.518. The van der Waals surface area contributed by atoms with Crippen molar-refractivity contribution in [3.63, 3.8) is 0 Å². The van der Waals surface area contributed by atoms with E-state index in [1.54, 1.807) is 6.26 Å². The van der Waals surface area contributed by atoms with Crippen molar-refractivity contribution in [1.82, 2.24) is 4.98 Å². The maximum atomic E-state index is 5.79. The van der Waals surface area contributed by atoms with Crippen molar-refractivity contribution in [3.8, 4) is 0 Å². The van der Waals surface area contributed by atoms with Gasteiger partial charge in [0.05, 0.1) is 12.8 Å². The third-order valence-corrected chi connectivity index (χ3v) is 3.30. The molecule has 3 rings (SSSR count). The van der Waals surface area contributed by atoms with E-state index in [-0.39, 0.29) is 0 Å². The lowest BCUT2D eigenvalue weighted by Gasteiger charge is -2.25. The monoisotopic (exact) mass is 243 g/mol. The van der Waals surface area contributed by atoms with Crippen molar-refractivity contribution >= 4 is 5.69 Å². The van der Waals surface area contributed by atoms with Crippen molar-refractivity contribution in [3.05, 3.63) is 48.2 Å². The first-order chi connectivity index (χ1) is 8.88. The van der Waals surface area contributed by atoms with Gasteiger partial charge in [-0.1, -0.05) is 0 Å². The Hall–Kier alpha value is -1.81. The summed E-state index contributed by atoms with van der Waals surface area (Å²) in [5, 5.41) is 0. The van der Waals surface area contributed by atoms with Gasteiger partial charge in [0, 0.05) is 36.2 Å². The van der Waals surface area contributed by atoms with Crippen LogP contribution in [0.15, 0.2) is 41.3 Å². The van der Waals surface area contributed by atoms with E-state index < -0.39 is 0 Å². The van der Waals surface area contributed by atoms with E-state index in [2.05, 4.69) is 9.88 Å². The van der Waals surface area contributed by atoms with Gasteiger partial charge in [0.1, 0.15) is 5.76 Å². The third-order valence-electron chi connectivity index (χ3n) is 3.30. The summed E-state index contributed by atoms with van der Waals surface area (Å²) in [7, 11) is 0.